The number of benzene rings is 2. The van der Waals surface area contributed by atoms with Crippen LogP contribution >= 0.6 is 23.5 Å². The number of methoxy groups -OCH3 is 1. The Balaban J connectivity index is 1.49. The third-order valence-corrected chi connectivity index (χ3v) is 6.64. The van der Waals surface area contributed by atoms with Crippen LogP contribution in [0, 0.1) is 0 Å². The minimum Gasteiger partial charge on any atom is -0.497 e. The van der Waals surface area contributed by atoms with Crippen molar-refractivity contribution in [3.8, 4) is 17.0 Å². The molecule has 1 aromatic heterocycles. The van der Waals surface area contributed by atoms with Crippen LogP contribution in [0.25, 0.3) is 11.3 Å². The number of pyridine rings is 1. The van der Waals surface area contributed by atoms with Gasteiger partial charge in [-0.25, -0.2) is 0 Å². The molecule has 1 N–H and O–H groups in total. The largest absolute Gasteiger partial charge is 0.497 e. The highest BCUT2D eigenvalue weighted by Gasteiger charge is 2.13. The topological polar surface area (TPSA) is 54.5 Å². The lowest BCUT2D eigenvalue weighted by Crippen LogP contribution is -2.15. The molecule has 4 rings (SSSR count). The highest BCUT2D eigenvalue weighted by molar-refractivity contribution is 8.00. The van der Waals surface area contributed by atoms with Crippen molar-refractivity contribution >= 4 is 40.8 Å². The number of anilines is 2. The molecule has 1 aliphatic heterocycles. The molecule has 1 fully saturated rings. The minimum absolute atomic E-state index is 0.165. The number of amides is 1. The summed E-state index contributed by atoms with van der Waals surface area (Å²) in [6.45, 7) is 1.04. The van der Waals surface area contributed by atoms with Gasteiger partial charge in [-0.3, -0.25) is 9.78 Å². The molecular formula is C24H24ClN3O2S. The number of ether oxygens (including phenoxy) is 1. The first-order valence-corrected chi connectivity index (χ1v) is 11.6. The summed E-state index contributed by atoms with van der Waals surface area (Å²) in [7, 11) is 1.61. The number of aromatic nitrogens is 1. The molecule has 0 saturated carbocycles. The van der Waals surface area contributed by atoms with Crippen LogP contribution in [-0.4, -0.2) is 30.3 Å². The molecule has 0 spiro atoms. The van der Waals surface area contributed by atoms with Crippen LogP contribution in [0.15, 0.2) is 60.8 Å². The highest BCUT2D eigenvalue weighted by Crippen LogP contribution is 2.31. The van der Waals surface area contributed by atoms with Crippen molar-refractivity contribution in [1.29, 1.82) is 0 Å². The van der Waals surface area contributed by atoms with Gasteiger partial charge < -0.3 is 14.4 Å². The second-order valence-electron chi connectivity index (χ2n) is 7.27. The van der Waals surface area contributed by atoms with Crippen molar-refractivity contribution in [1.82, 2.24) is 4.98 Å². The summed E-state index contributed by atoms with van der Waals surface area (Å²) in [4.78, 5) is 17.2. The number of carbonyl (C=O) groups is 1. The zero-order valence-electron chi connectivity index (χ0n) is 17.3. The number of rotatable bonds is 5. The normalized spacial score (nSPS) is 14.1. The van der Waals surface area contributed by atoms with Crippen molar-refractivity contribution in [2.75, 3.05) is 29.0 Å². The van der Waals surface area contributed by atoms with E-state index in [1.807, 2.05) is 48.3 Å². The van der Waals surface area contributed by atoms with E-state index in [0.717, 1.165) is 23.5 Å². The van der Waals surface area contributed by atoms with Crippen LogP contribution in [0.4, 0.5) is 11.4 Å². The molecule has 160 valence electrons. The average molecular weight is 454 g/mol. The highest BCUT2D eigenvalue weighted by atomic mass is 35.5. The van der Waals surface area contributed by atoms with Crippen molar-refractivity contribution in [3.05, 3.63) is 71.4 Å². The summed E-state index contributed by atoms with van der Waals surface area (Å²) in [5.74, 6) is 1.67. The van der Waals surface area contributed by atoms with Gasteiger partial charge in [0.2, 0.25) is 0 Å². The van der Waals surface area contributed by atoms with Crippen LogP contribution in [0.2, 0.25) is 5.02 Å². The molecule has 1 aliphatic rings. The molecular weight excluding hydrogens is 430 g/mol. The Kier molecular flexibility index (Phi) is 6.99. The van der Waals surface area contributed by atoms with E-state index >= 15 is 0 Å². The van der Waals surface area contributed by atoms with E-state index in [1.54, 1.807) is 31.5 Å². The fourth-order valence-electron chi connectivity index (χ4n) is 3.44. The van der Waals surface area contributed by atoms with Crippen LogP contribution < -0.4 is 14.4 Å². The molecule has 0 unspecified atom stereocenters. The smallest absolute Gasteiger partial charge is 0.255 e. The van der Waals surface area contributed by atoms with Crippen molar-refractivity contribution < 1.29 is 9.53 Å². The van der Waals surface area contributed by atoms with Gasteiger partial charge >= 0.3 is 0 Å². The van der Waals surface area contributed by atoms with Gasteiger partial charge in [-0.2, -0.15) is 0 Å². The van der Waals surface area contributed by atoms with E-state index < -0.39 is 0 Å². The fourth-order valence-corrected chi connectivity index (χ4v) is 4.74. The summed E-state index contributed by atoms with van der Waals surface area (Å²) in [5.41, 5.74) is 3.81. The van der Waals surface area contributed by atoms with Crippen LogP contribution in [0.5, 0.6) is 5.75 Å². The third kappa shape index (κ3) is 5.32. The summed E-state index contributed by atoms with van der Waals surface area (Å²) < 4.78 is 7.59. The van der Waals surface area contributed by atoms with Gasteiger partial charge in [0, 0.05) is 47.1 Å². The molecule has 0 aliphatic carbocycles. The summed E-state index contributed by atoms with van der Waals surface area (Å²) in [6, 6.07) is 16.7. The Morgan fingerprint density at radius 2 is 1.94 bits per heavy atom. The number of nitrogens with zero attached hydrogens (tertiary/aromatic N) is 2. The molecule has 3 aromatic rings. The molecule has 2 aromatic carbocycles. The van der Waals surface area contributed by atoms with E-state index in [-0.39, 0.29) is 5.91 Å². The Bertz CT molecular complexity index is 1050. The van der Waals surface area contributed by atoms with Crippen LogP contribution in [0.1, 0.15) is 29.6 Å². The Hall–Kier alpha value is -2.70. The second kappa shape index (κ2) is 10.1. The quantitative estimate of drug-likeness (QED) is 0.459. The number of nitrogens with one attached hydrogen (secondary N) is 1. The predicted molar refractivity (Wildman–Crippen MR) is 129 cm³/mol. The van der Waals surface area contributed by atoms with Crippen LogP contribution in [-0.2, 0) is 0 Å². The standard InChI is InChI=1S/C24H24ClN3O2S/c1-30-20-11-12-26-23(16-20)21-15-18(7-10-22(21)25)27-24(29)17-5-8-19(9-6-17)28-13-3-2-4-14-31-28/h5-12,15-16H,2-4,13-14H2,1H3,(H,27,29). The average Bonchev–Trinajstić information content (AvgIpc) is 3.10. The first-order valence-electron chi connectivity index (χ1n) is 10.3. The molecule has 0 atom stereocenters. The molecule has 1 amide bonds. The second-order valence-corrected chi connectivity index (χ2v) is 8.79. The molecule has 2 heterocycles. The van der Waals surface area contributed by atoms with Gasteiger partial charge in [0.25, 0.3) is 5.91 Å². The third-order valence-electron chi connectivity index (χ3n) is 5.14. The van der Waals surface area contributed by atoms with Crippen molar-refractivity contribution in [3.63, 3.8) is 0 Å². The maximum Gasteiger partial charge on any atom is 0.255 e. The molecule has 1 saturated heterocycles. The first-order chi connectivity index (χ1) is 15.1. The molecule has 5 nitrogen and oxygen atoms in total. The van der Waals surface area contributed by atoms with E-state index in [1.165, 1.54) is 19.3 Å². The predicted octanol–water partition coefficient (Wildman–Crippen LogP) is 6.30. The van der Waals surface area contributed by atoms with Gasteiger partial charge in [-0.05, 0) is 73.3 Å². The fraction of sp³-hybridized carbons (Fsp3) is 0.250. The van der Waals surface area contributed by atoms with Crippen molar-refractivity contribution in [2.45, 2.75) is 19.3 Å². The lowest BCUT2D eigenvalue weighted by atomic mass is 10.1. The Labute approximate surface area is 191 Å². The zero-order valence-corrected chi connectivity index (χ0v) is 18.9. The lowest BCUT2D eigenvalue weighted by molar-refractivity contribution is 0.102. The van der Waals surface area contributed by atoms with E-state index in [0.29, 0.717) is 27.7 Å². The van der Waals surface area contributed by atoms with Gasteiger partial charge in [-0.1, -0.05) is 18.0 Å². The Morgan fingerprint density at radius 1 is 1.10 bits per heavy atom. The van der Waals surface area contributed by atoms with Gasteiger partial charge in [0.05, 0.1) is 17.8 Å². The van der Waals surface area contributed by atoms with E-state index in [4.69, 9.17) is 16.3 Å². The maximum atomic E-state index is 12.8. The number of carbonyl (C=O) groups excluding carboxylic acids is 1. The lowest BCUT2D eigenvalue weighted by Gasteiger charge is -2.21. The number of hydrogen-bond donors (Lipinski definition) is 1. The van der Waals surface area contributed by atoms with E-state index in [9.17, 15) is 4.79 Å². The summed E-state index contributed by atoms with van der Waals surface area (Å²) in [5, 5.41) is 3.51. The van der Waals surface area contributed by atoms with Gasteiger partial charge in [-0.15, -0.1) is 0 Å². The first kappa shape index (κ1) is 21.5. The molecule has 7 heteroatoms. The number of hydrogen-bond acceptors (Lipinski definition) is 5. The maximum absolute atomic E-state index is 12.8. The molecule has 0 bridgehead atoms. The van der Waals surface area contributed by atoms with Gasteiger partial charge in [0.1, 0.15) is 5.75 Å². The van der Waals surface area contributed by atoms with Gasteiger partial charge in [0.15, 0.2) is 0 Å². The number of halogens is 1. The zero-order chi connectivity index (χ0) is 21.6. The van der Waals surface area contributed by atoms with Crippen LogP contribution in [0.3, 0.4) is 0 Å². The molecule has 0 radical (unpaired) electrons. The Morgan fingerprint density at radius 3 is 2.74 bits per heavy atom. The van der Waals surface area contributed by atoms with E-state index in [2.05, 4.69) is 14.6 Å². The summed E-state index contributed by atoms with van der Waals surface area (Å²) in [6.07, 6.45) is 5.41. The summed E-state index contributed by atoms with van der Waals surface area (Å²) >= 11 is 8.25. The molecule has 31 heavy (non-hydrogen) atoms. The SMILES string of the molecule is COc1ccnc(-c2cc(NC(=O)c3ccc(N4CCCCCS4)cc3)ccc2Cl)c1. The monoisotopic (exact) mass is 453 g/mol. The van der Waals surface area contributed by atoms with Crippen molar-refractivity contribution in [2.24, 2.45) is 0 Å². The minimum atomic E-state index is -0.165.